The Bertz CT molecular complexity index is 650. The maximum atomic E-state index is 12.6. The maximum absolute atomic E-state index is 12.6. The van der Waals surface area contributed by atoms with Gasteiger partial charge < -0.3 is 14.5 Å². The van der Waals surface area contributed by atoms with Crippen LogP contribution in [0.1, 0.15) is 24.0 Å². The number of nitrogens with zero attached hydrogens (tertiary/aromatic N) is 2. The van der Waals surface area contributed by atoms with Crippen LogP contribution in [0.15, 0.2) is 12.1 Å². The molecular weight excluding hydrogens is 328 g/mol. The van der Waals surface area contributed by atoms with Gasteiger partial charge in [-0.1, -0.05) is 11.6 Å². The van der Waals surface area contributed by atoms with E-state index < -0.39 is 0 Å². The predicted octanol–water partition coefficient (Wildman–Crippen LogP) is 2.28. The molecule has 0 unspecified atom stereocenters. The molecule has 2 aliphatic rings. The Kier molecular flexibility index (Phi) is 4.99. The molecule has 1 aliphatic carbocycles. The van der Waals surface area contributed by atoms with Gasteiger partial charge in [-0.05, 0) is 37.5 Å². The first kappa shape index (κ1) is 17.1. The molecule has 0 aromatic heterocycles. The van der Waals surface area contributed by atoms with E-state index in [9.17, 15) is 9.59 Å². The molecule has 1 aliphatic heterocycles. The van der Waals surface area contributed by atoms with Crippen LogP contribution in [-0.4, -0.2) is 54.9 Å². The molecule has 3 rings (SSSR count). The highest BCUT2D eigenvalue weighted by Gasteiger charge is 2.35. The quantitative estimate of drug-likeness (QED) is 0.837. The Morgan fingerprint density at radius 3 is 2.38 bits per heavy atom. The van der Waals surface area contributed by atoms with E-state index in [1.54, 1.807) is 13.2 Å². The summed E-state index contributed by atoms with van der Waals surface area (Å²) in [5.41, 5.74) is 1.73. The second-order valence-electron chi connectivity index (χ2n) is 6.57. The molecule has 1 aromatic rings. The maximum Gasteiger partial charge on any atom is 0.227 e. The number of ether oxygens (including phenoxy) is 1. The minimum absolute atomic E-state index is 0.0479. The fourth-order valence-electron chi connectivity index (χ4n) is 3.06. The Labute approximate surface area is 147 Å². The highest BCUT2D eigenvalue weighted by atomic mass is 35.5. The van der Waals surface area contributed by atoms with E-state index in [-0.39, 0.29) is 24.2 Å². The van der Waals surface area contributed by atoms with Crippen molar-refractivity contribution in [2.24, 2.45) is 5.92 Å². The van der Waals surface area contributed by atoms with E-state index in [4.69, 9.17) is 16.3 Å². The van der Waals surface area contributed by atoms with E-state index in [0.717, 1.165) is 24.0 Å². The van der Waals surface area contributed by atoms with Crippen molar-refractivity contribution in [2.45, 2.75) is 26.2 Å². The van der Waals surface area contributed by atoms with Gasteiger partial charge in [0, 0.05) is 42.7 Å². The van der Waals surface area contributed by atoms with Gasteiger partial charge >= 0.3 is 0 Å². The molecule has 0 radical (unpaired) electrons. The molecule has 0 N–H and O–H groups in total. The predicted molar refractivity (Wildman–Crippen MR) is 92.3 cm³/mol. The smallest absolute Gasteiger partial charge is 0.227 e. The average molecular weight is 351 g/mol. The zero-order valence-corrected chi connectivity index (χ0v) is 14.9. The van der Waals surface area contributed by atoms with Crippen LogP contribution in [0.25, 0.3) is 0 Å². The molecule has 2 fully saturated rings. The number of halogens is 1. The van der Waals surface area contributed by atoms with Gasteiger partial charge in [0.2, 0.25) is 11.8 Å². The normalized spacial score (nSPS) is 17.8. The van der Waals surface area contributed by atoms with Crippen LogP contribution in [0.5, 0.6) is 5.75 Å². The van der Waals surface area contributed by atoms with Crippen molar-refractivity contribution in [1.82, 2.24) is 9.80 Å². The summed E-state index contributed by atoms with van der Waals surface area (Å²) in [6.07, 6.45) is 2.30. The van der Waals surface area contributed by atoms with Crippen molar-refractivity contribution < 1.29 is 14.3 Å². The van der Waals surface area contributed by atoms with Crippen molar-refractivity contribution in [3.05, 3.63) is 28.3 Å². The van der Waals surface area contributed by atoms with E-state index in [2.05, 4.69) is 0 Å². The third-order valence-corrected chi connectivity index (χ3v) is 5.18. The number of methoxy groups -OCH3 is 1. The van der Waals surface area contributed by atoms with Crippen LogP contribution < -0.4 is 4.74 Å². The third-order valence-electron chi connectivity index (χ3n) is 4.77. The van der Waals surface area contributed by atoms with E-state index in [1.807, 2.05) is 22.8 Å². The van der Waals surface area contributed by atoms with Gasteiger partial charge in [0.25, 0.3) is 0 Å². The molecular formula is C18H23ClN2O3. The molecule has 24 heavy (non-hydrogen) atoms. The number of benzene rings is 1. The molecule has 1 aromatic carbocycles. The fourth-order valence-corrected chi connectivity index (χ4v) is 3.25. The zero-order valence-electron chi connectivity index (χ0n) is 14.2. The third kappa shape index (κ3) is 3.66. The molecule has 0 atom stereocenters. The van der Waals surface area contributed by atoms with Crippen LogP contribution >= 0.6 is 11.6 Å². The van der Waals surface area contributed by atoms with Gasteiger partial charge in [-0.3, -0.25) is 9.59 Å². The van der Waals surface area contributed by atoms with Gasteiger partial charge in [0.15, 0.2) is 0 Å². The minimum Gasteiger partial charge on any atom is -0.496 e. The lowest BCUT2D eigenvalue weighted by Crippen LogP contribution is -2.51. The highest BCUT2D eigenvalue weighted by molar-refractivity contribution is 6.31. The summed E-state index contributed by atoms with van der Waals surface area (Å²) in [6, 6.07) is 3.66. The van der Waals surface area contributed by atoms with Gasteiger partial charge in [-0.15, -0.1) is 0 Å². The number of rotatable bonds is 4. The standard InChI is InChI=1S/C18H23ClN2O3/c1-12-9-16(24-2)14(10-15(12)19)11-17(22)20-5-7-21(8-6-20)18(23)13-3-4-13/h9-10,13H,3-8,11H2,1-2H3. The molecule has 1 saturated carbocycles. The first-order valence-electron chi connectivity index (χ1n) is 8.39. The van der Waals surface area contributed by atoms with Crippen molar-refractivity contribution in [3.63, 3.8) is 0 Å². The number of piperazine rings is 1. The number of hydrogen-bond donors (Lipinski definition) is 0. The Hall–Kier alpha value is -1.75. The van der Waals surface area contributed by atoms with Crippen LogP contribution in [-0.2, 0) is 16.0 Å². The van der Waals surface area contributed by atoms with Gasteiger partial charge in [-0.25, -0.2) is 0 Å². The molecule has 0 spiro atoms. The van der Waals surface area contributed by atoms with Crippen molar-refractivity contribution >= 4 is 23.4 Å². The molecule has 5 nitrogen and oxygen atoms in total. The van der Waals surface area contributed by atoms with E-state index in [0.29, 0.717) is 37.0 Å². The topological polar surface area (TPSA) is 49.9 Å². The first-order chi connectivity index (χ1) is 11.5. The van der Waals surface area contributed by atoms with E-state index in [1.165, 1.54) is 0 Å². The lowest BCUT2D eigenvalue weighted by molar-refractivity contribution is -0.140. The second-order valence-corrected chi connectivity index (χ2v) is 6.98. The lowest BCUT2D eigenvalue weighted by atomic mass is 10.1. The average Bonchev–Trinajstić information content (AvgIpc) is 3.42. The van der Waals surface area contributed by atoms with Crippen LogP contribution in [0.3, 0.4) is 0 Å². The molecule has 1 heterocycles. The Morgan fingerprint density at radius 2 is 1.79 bits per heavy atom. The summed E-state index contributed by atoms with van der Waals surface area (Å²) in [5, 5.41) is 0.637. The van der Waals surface area contributed by atoms with E-state index >= 15 is 0 Å². The fraction of sp³-hybridized carbons (Fsp3) is 0.556. The van der Waals surface area contributed by atoms with Gasteiger partial charge in [-0.2, -0.15) is 0 Å². The largest absolute Gasteiger partial charge is 0.496 e. The SMILES string of the molecule is COc1cc(C)c(Cl)cc1CC(=O)N1CCN(C(=O)C2CC2)CC1. The number of carbonyl (C=O) groups excluding carboxylic acids is 2. The summed E-state index contributed by atoms with van der Waals surface area (Å²) in [4.78, 5) is 28.4. The van der Waals surface area contributed by atoms with Crippen molar-refractivity contribution in [2.75, 3.05) is 33.3 Å². The molecule has 130 valence electrons. The zero-order chi connectivity index (χ0) is 17.3. The number of amides is 2. The molecule has 0 bridgehead atoms. The first-order valence-corrected chi connectivity index (χ1v) is 8.77. The summed E-state index contributed by atoms with van der Waals surface area (Å²) < 4.78 is 5.37. The van der Waals surface area contributed by atoms with Crippen molar-refractivity contribution in [3.8, 4) is 5.75 Å². The van der Waals surface area contributed by atoms with Gasteiger partial charge in [0.1, 0.15) is 5.75 Å². The number of carbonyl (C=O) groups is 2. The summed E-state index contributed by atoms with van der Waals surface area (Å²) >= 11 is 6.18. The molecule has 6 heteroatoms. The van der Waals surface area contributed by atoms with Crippen molar-refractivity contribution in [1.29, 1.82) is 0 Å². The Balaban J connectivity index is 1.60. The number of aryl methyl sites for hydroxylation is 1. The number of hydrogen-bond acceptors (Lipinski definition) is 3. The van der Waals surface area contributed by atoms with Crippen LogP contribution in [0.2, 0.25) is 5.02 Å². The minimum atomic E-state index is 0.0479. The summed E-state index contributed by atoms with van der Waals surface area (Å²) in [7, 11) is 1.60. The molecule has 2 amide bonds. The summed E-state index contributed by atoms with van der Waals surface area (Å²) in [6.45, 7) is 4.37. The van der Waals surface area contributed by atoms with Crippen LogP contribution in [0, 0.1) is 12.8 Å². The molecule has 1 saturated heterocycles. The monoisotopic (exact) mass is 350 g/mol. The second kappa shape index (κ2) is 7.01. The summed E-state index contributed by atoms with van der Waals surface area (Å²) in [5.74, 6) is 1.24. The Morgan fingerprint density at radius 1 is 1.17 bits per heavy atom. The highest BCUT2D eigenvalue weighted by Crippen LogP contribution is 2.31. The van der Waals surface area contributed by atoms with Crippen LogP contribution in [0.4, 0.5) is 0 Å². The lowest BCUT2D eigenvalue weighted by Gasteiger charge is -2.35. The van der Waals surface area contributed by atoms with Gasteiger partial charge in [0.05, 0.1) is 13.5 Å².